The fourth-order valence-electron chi connectivity index (χ4n) is 2.98. The van der Waals surface area contributed by atoms with Crippen molar-refractivity contribution in [2.45, 2.75) is 40.2 Å². The van der Waals surface area contributed by atoms with Gasteiger partial charge in [0.25, 0.3) is 11.7 Å². The van der Waals surface area contributed by atoms with Gasteiger partial charge in [0.05, 0.1) is 12.6 Å². The largest absolute Gasteiger partial charge is 0.494 e. The molecule has 1 N–H and O–H groups in total. The van der Waals surface area contributed by atoms with Crippen molar-refractivity contribution in [2.24, 2.45) is 0 Å². The average molecular weight is 353 g/mol. The van der Waals surface area contributed by atoms with Crippen molar-refractivity contribution in [3.8, 4) is 5.75 Å². The normalized spacial score (nSPS) is 12.2. The van der Waals surface area contributed by atoms with Crippen LogP contribution in [0.25, 0.3) is 5.78 Å². The molecule has 0 spiro atoms. The highest BCUT2D eigenvalue weighted by molar-refractivity contribution is 5.91. The van der Waals surface area contributed by atoms with Crippen molar-refractivity contribution in [2.75, 3.05) is 6.61 Å². The second kappa shape index (κ2) is 7.51. The molecule has 26 heavy (non-hydrogen) atoms. The third-order valence-corrected chi connectivity index (χ3v) is 4.20. The molecule has 0 bridgehead atoms. The Bertz CT molecular complexity index is 918. The zero-order chi connectivity index (χ0) is 18.7. The van der Waals surface area contributed by atoms with E-state index in [0.29, 0.717) is 12.4 Å². The highest BCUT2D eigenvalue weighted by atomic mass is 16.5. The molecule has 3 rings (SSSR count). The van der Waals surface area contributed by atoms with Crippen LogP contribution in [0.5, 0.6) is 5.75 Å². The lowest BCUT2D eigenvalue weighted by Gasteiger charge is -2.17. The summed E-state index contributed by atoms with van der Waals surface area (Å²) in [6.45, 7) is 8.40. The maximum absolute atomic E-state index is 12.8. The van der Waals surface area contributed by atoms with E-state index in [1.54, 1.807) is 4.40 Å². The molecule has 0 saturated heterocycles. The molecule has 0 radical (unpaired) electrons. The Hall–Kier alpha value is -2.96. The summed E-state index contributed by atoms with van der Waals surface area (Å²) in [7, 11) is 0. The highest BCUT2D eigenvalue weighted by Crippen LogP contribution is 2.21. The molecule has 1 amide bonds. The van der Waals surface area contributed by atoms with Gasteiger partial charge in [0.15, 0.2) is 0 Å². The summed E-state index contributed by atoms with van der Waals surface area (Å²) < 4.78 is 7.14. The van der Waals surface area contributed by atoms with Crippen LogP contribution in [0.15, 0.2) is 30.3 Å². The molecule has 2 heterocycles. The van der Waals surface area contributed by atoms with E-state index in [-0.39, 0.29) is 17.8 Å². The van der Waals surface area contributed by atoms with E-state index in [1.165, 1.54) is 0 Å². The number of carbonyl (C=O) groups excluding carboxylic acids is 1. The zero-order valence-electron chi connectivity index (χ0n) is 15.5. The molecule has 7 heteroatoms. The van der Waals surface area contributed by atoms with Crippen molar-refractivity contribution >= 4 is 11.7 Å². The number of benzene rings is 1. The van der Waals surface area contributed by atoms with E-state index in [1.807, 2.05) is 58.0 Å². The number of fused-ring (bicyclic) bond motifs is 1. The molecule has 136 valence electrons. The standard InChI is InChI=1S/C19H23N5O2/c1-5-16(14-7-9-15(10-8-14)26-6-2)21-18(25)17-22-23-19-20-12(3)11-13(4)24(17)19/h7-11,16H,5-6H2,1-4H3,(H,21,25). The third-order valence-electron chi connectivity index (χ3n) is 4.20. The van der Waals surface area contributed by atoms with Crippen LogP contribution >= 0.6 is 0 Å². The van der Waals surface area contributed by atoms with Crippen LogP contribution in [0.1, 0.15) is 53.9 Å². The summed E-state index contributed by atoms with van der Waals surface area (Å²) in [5, 5.41) is 11.1. The maximum atomic E-state index is 12.8. The highest BCUT2D eigenvalue weighted by Gasteiger charge is 2.20. The van der Waals surface area contributed by atoms with Crippen LogP contribution in [0.4, 0.5) is 0 Å². The molecule has 1 aromatic carbocycles. The molecule has 1 unspecified atom stereocenters. The van der Waals surface area contributed by atoms with E-state index >= 15 is 0 Å². The van der Waals surface area contributed by atoms with Gasteiger partial charge in [-0.05, 0) is 51.0 Å². The van der Waals surface area contributed by atoms with E-state index in [4.69, 9.17) is 4.74 Å². The first-order valence-electron chi connectivity index (χ1n) is 8.76. The number of rotatable bonds is 6. The lowest BCUT2D eigenvalue weighted by atomic mass is 10.0. The van der Waals surface area contributed by atoms with E-state index in [0.717, 1.165) is 29.1 Å². The maximum Gasteiger partial charge on any atom is 0.290 e. The van der Waals surface area contributed by atoms with Gasteiger partial charge in [0.2, 0.25) is 5.82 Å². The predicted molar refractivity (Wildman–Crippen MR) is 98.4 cm³/mol. The molecule has 1 atom stereocenters. The number of amides is 1. The van der Waals surface area contributed by atoms with Crippen LogP contribution in [-0.4, -0.2) is 32.1 Å². The van der Waals surface area contributed by atoms with Crippen LogP contribution < -0.4 is 10.1 Å². The van der Waals surface area contributed by atoms with Crippen molar-refractivity contribution in [1.29, 1.82) is 0 Å². The minimum Gasteiger partial charge on any atom is -0.494 e. The fourth-order valence-corrected chi connectivity index (χ4v) is 2.98. The molecule has 0 aliphatic heterocycles. The number of nitrogens with zero attached hydrogens (tertiary/aromatic N) is 4. The number of hydrogen-bond acceptors (Lipinski definition) is 5. The summed E-state index contributed by atoms with van der Waals surface area (Å²) in [6.07, 6.45) is 0.757. The molecule has 0 aliphatic rings. The lowest BCUT2D eigenvalue weighted by molar-refractivity contribution is 0.0923. The van der Waals surface area contributed by atoms with Gasteiger partial charge in [0, 0.05) is 11.4 Å². The van der Waals surface area contributed by atoms with Gasteiger partial charge < -0.3 is 10.1 Å². The Balaban J connectivity index is 1.84. The van der Waals surface area contributed by atoms with Crippen molar-refractivity contribution in [3.63, 3.8) is 0 Å². The van der Waals surface area contributed by atoms with Crippen LogP contribution in [0.2, 0.25) is 0 Å². The Morgan fingerprint density at radius 1 is 1.19 bits per heavy atom. The topological polar surface area (TPSA) is 81.4 Å². The average Bonchev–Trinajstić information content (AvgIpc) is 3.05. The quantitative estimate of drug-likeness (QED) is 0.737. The Morgan fingerprint density at radius 2 is 1.92 bits per heavy atom. The van der Waals surface area contributed by atoms with E-state index in [2.05, 4.69) is 20.5 Å². The molecule has 2 aromatic heterocycles. The summed E-state index contributed by atoms with van der Waals surface area (Å²) in [5.74, 6) is 1.22. The second-order valence-electron chi connectivity index (χ2n) is 6.13. The van der Waals surface area contributed by atoms with Crippen LogP contribution in [-0.2, 0) is 0 Å². The SMILES string of the molecule is CCOc1ccc(C(CC)NC(=O)c2nnc3nc(C)cc(C)n23)cc1. The van der Waals surface area contributed by atoms with Gasteiger partial charge in [-0.2, -0.15) is 0 Å². The lowest BCUT2D eigenvalue weighted by Crippen LogP contribution is -2.30. The number of hydrogen-bond donors (Lipinski definition) is 1. The Kier molecular flexibility index (Phi) is 5.16. The summed E-state index contributed by atoms with van der Waals surface area (Å²) in [5.41, 5.74) is 2.73. The van der Waals surface area contributed by atoms with Gasteiger partial charge >= 0.3 is 0 Å². The van der Waals surface area contributed by atoms with Crippen molar-refractivity contribution < 1.29 is 9.53 Å². The molecule has 0 fully saturated rings. The number of aryl methyl sites for hydroxylation is 2. The van der Waals surface area contributed by atoms with Crippen molar-refractivity contribution in [1.82, 2.24) is 24.9 Å². The molecule has 3 aromatic rings. The van der Waals surface area contributed by atoms with Gasteiger partial charge in [-0.3, -0.25) is 9.20 Å². The molecule has 0 saturated carbocycles. The zero-order valence-corrected chi connectivity index (χ0v) is 15.5. The fraction of sp³-hybridized carbons (Fsp3) is 0.368. The summed E-state index contributed by atoms with van der Waals surface area (Å²) in [4.78, 5) is 17.1. The molecular weight excluding hydrogens is 330 g/mol. The van der Waals surface area contributed by atoms with E-state index in [9.17, 15) is 4.79 Å². The Labute approximate surface area is 152 Å². The van der Waals surface area contributed by atoms with Gasteiger partial charge in [0.1, 0.15) is 5.75 Å². The van der Waals surface area contributed by atoms with E-state index < -0.39 is 0 Å². The number of aromatic nitrogens is 4. The minimum absolute atomic E-state index is 0.121. The summed E-state index contributed by atoms with van der Waals surface area (Å²) in [6, 6.07) is 9.55. The Morgan fingerprint density at radius 3 is 2.58 bits per heavy atom. The van der Waals surface area contributed by atoms with Crippen LogP contribution in [0.3, 0.4) is 0 Å². The minimum atomic E-state index is -0.271. The number of ether oxygens (including phenoxy) is 1. The molecular formula is C19H23N5O2. The van der Waals surface area contributed by atoms with Gasteiger partial charge in [-0.1, -0.05) is 19.1 Å². The van der Waals surface area contributed by atoms with Crippen LogP contribution in [0, 0.1) is 13.8 Å². The smallest absolute Gasteiger partial charge is 0.290 e. The first-order valence-corrected chi connectivity index (χ1v) is 8.76. The first kappa shape index (κ1) is 17.8. The molecule has 7 nitrogen and oxygen atoms in total. The van der Waals surface area contributed by atoms with Gasteiger partial charge in [-0.25, -0.2) is 4.98 Å². The van der Waals surface area contributed by atoms with Crippen molar-refractivity contribution in [3.05, 3.63) is 53.1 Å². The number of nitrogens with one attached hydrogen (secondary N) is 1. The second-order valence-corrected chi connectivity index (χ2v) is 6.13. The monoisotopic (exact) mass is 353 g/mol. The number of carbonyl (C=O) groups is 1. The third kappa shape index (κ3) is 3.51. The van der Waals surface area contributed by atoms with Gasteiger partial charge in [-0.15, -0.1) is 10.2 Å². The summed E-state index contributed by atoms with van der Waals surface area (Å²) >= 11 is 0. The predicted octanol–water partition coefficient (Wildman–Crippen LogP) is 3.02. The molecule has 0 aliphatic carbocycles. The first-order chi connectivity index (χ1) is 12.5.